The van der Waals surface area contributed by atoms with E-state index in [1.807, 2.05) is 0 Å². The van der Waals surface area contributed by atoms with Crippen molar-refractivity contribution in [3.63, 3.8) is 0 Å². The smallest absolute Gasteiger partial charge is 0.223 e. The maximum atomic E-state index is 9.94. The fourth-order valence-electron chi connectivity index (χ4n) is 2.83. The van der Waals surface area contributed by atoms with Gasteiger partial charge in [-0.2, -0.15) is 0 Å². The Morgan fingerprint density at radius 1 is 1.30 bits per heavy atom. The van der Waals surface area contributed by atoms with E-state index in [0.29, 0.717) is 18.3 Å². The number of anilines is 3. The number of β-amino-alcohol motifs (C(OH)–C–C–N with tert-alkyl or cyclic N) is 1. The first-order valence-electron chi connectivity index (χ1n) is 7.96. The Balaban J connectivity index is 2.06. The maximum Gasteiger partial charge on any atom is 0.223 e. The second-order valence-corrected chi connectivity index (χ2v) is 7.10. The molecule has 0 radical (unpaired) electrons. The Bertz CT molecular complexity index is 712. The molecule has 1 atom stereocenters. The van der Waals surface area contributed by atoms with Crippen LogP contribution in [0.2, 0.25) is 0 Å². The van der Waals surface area contributed by atoms with E-state index in [4.69, 9.17) is 5.73 Å². The van der Waals surface area contributed by atoms with E-state index in [9.17, 15) is 5.11 Å². The second-order valence-electron chi connectivity index (χ2n) is 7.10. The largest absolute Gasteiger partial charge is 0.391 e. The van der Waals surface area contributed by atoms with Crippen molar-refractivity contribution in [3.8, 4) is 0 Å². The summed E-state index contributed by atoms with van der Waals surface area (Å²) in [5.41, 5.74) is 7.52. The lowest BCUT2D eigenvalue weighted by Gasteiger charge is -2.32. The zero-order valence-electron chi connectivity index (χ0n) is 13.9. The number of hydrogen-bond acceptors (Lipinski definition) is 7. The summed E-state index contributed by atoms with van der Waals surface area (Å²) >= 11 is 0. The first-order valence-corrected chi connectivity index (χ1v) is 7.96. The zero-order valence-corrected chi connectivity index (χ0v) is 13.9. The number of rotatable bonds is 2. The van der Waals surface area contributed by atoms with Crippen molar-refractivity contribution in [1.82, 2.24) is 15.0 Å². The number of nitrogen functional groups attached to an aromatic ring is 1. The summed E-state index contributed by atoms with van der Waals surface area (Å²) in [5.74, 6) is 0.984. The molecule has 23 heavy (non-hydrogen) atoms. The summed E-state index contributed by atoms with van der Waals surface area (Å²) in [7, 11) is 0. The molecular weight excluding hydrogens is 292 g/mol. The van der Waals surface area contributed by atoms with Crippen LogP contribution in [-0.2, 0) is 0 Å². The lowest BCUT2D eigenvalue weighted by atomic mass is 10.1. The van der Waals surface area contributed by atoms with Crippen LogP contribution in [-0.4, -0.2) is 44.8 Å². The summed E-state index contributed by atoms with van der Waals surface area (Å²) in [6.45, 7) is 7.65. The number of fused-ring (bicyclic) bond motifs is 1. The molecule has 3 rings (SSSR count). The van der Waals surface area contributed by atoms with Crippen LogP contribution in [0.1, 0.15) is 33.6 Å². The Labute approximate surface area is 135 Å². The Morgan fingerprint density at radius 2 is 2.09 bits per heavy atom. The molecule has 0 bridgehead atoms. The zero-order chi connectivity index (χ0) is 16.6. The number of nitrogens with one attached hydrogen (secondary N) is 1. The van der Waals surface area contributed by atoms with E-state index in [-0.39, 0.29) is 11.6 Å². The van der Waals surface area contributed by atoms with Crippen LogP contribution in [0.3, 0.4) is 0 Å². The molecule has 0 amide bonds. The van der Waals surface area contributed by atoms with Crippen molar-refractivity contribution in [1.29, 1.82) is 0 Å². The number of aliphatic hydroxyl groups is 1. The van der Waals surface area contributed by atoms with Crippen LogP contribution in [0, 0.1) is 0 Å². The molecule has 3 heterocycles. The molecule has 124 valence electrons. The molecule has 0 aliphatic carbocycles. The third-order valence-electron chi connectivity index (χ3n) is 3.86. The van der Waals surface area contributed by atoms with E-state index >= 15 is 0 Å². The quantitative estimate of drug-likeness (QED) is 0.776. The van der Waals surface area contributed by atoms with Crippen molar-refractivity contribution >= 4 is 28.4 Å². The summed E-state index contributed by atoms with van der Waals surface area (Å²) in [6.07, 6.45) is 4.92. The number of pyridine rings is 1. The SMILES string of the molecule is CC(C)(C)Nc1ncc2c(N)ncc(N3CCCC(O)C3)c2n1. The van der Waals surface area contributed by atoms with Gasteiger partial charge < -0.3 is 21.1 Å². The van der Waals surface area contributed by atoms with Gasteiger partial charge in [-0.1, -0.05) is 0 Å². The Kier molecular flexibility index (Phi) is 3.97. The minimum absolute atomic E-state index is 0.131. The van der Waals surface area contributed by atoms with Gasteiger partial charge >= 0.3 is 0 Å². The van der Waals surface area contributed by atoms with E-state index in [1.165, 1.54) is 0 Å². The summed E-state index contributed by atoms with van der Waals surface area (Å²) in [4.78, 5) is 15.4. The molecule has 4 N–H and O–H groups in total. The number of hydrogen-bond donors (Lipinski definition) is 3. The highest BCUT2D eigenvalue weighted by Gasteiger charge is 2.22. The van der Waals surface area contributed by atoms with Crippen LogP contribution in [0.4, 0.5) is 17.5 Å². The van der Waals surface area contributed by atoms with E-state index in [0.717, 1.165) is 36.0 Å². The minimum Gasteiger partial charge on any atom is -0.391 e. The standard InChI is InChI=1S/C16H24N6O/c1-16(2,3)21-15-19-7-11-13(20-15)12(8-18-14(11)17)22-6-4-5-10(23)9-22/h7-8,10,23H,4-6,9H2,1-3H3,(H2,17,18)(H,19,20,21). The minimum atomic E-state index is -0.314. The molecule has 0 aromatic carbocycles. The molecule has 1 aliphatic rings. The van der Waals surface area contributed by atoms with Gasteiger partial charge in [-0.25, -0.2) is 15.0 Å². The predicted molar refractivity (Wildman–Crippen MR) is 92.6 cm³/mol. The number of nitrogens with zero attached hydrogens (tertiary/aromatic N) is 4. The molecule has 2 aromatic heterocycles. The van der Waals surface area contributed by atoms with E-state index < -0.39 is 0 Å². The summed E-state index contributed by atoms with van der Waals surface area (Å²) in [5, 5.41) is 14.0. The molecule has 7 heteroatoms. The first-order chi connectivity index (χ1) is 10.8. The highest BCUT2D eigenvalue weighted by Crippen LogP contribution is 2.30. The third kappa shape index (κ3) is 3.44. The maximum absolute atomic E-state index is 9.94. The van der Waals surface area contributed by atoms with E-state index in [1.54, 1.807) is 12.4 Å². The summed E-state index contributed by atoms with van der Waals surface area (Å²) in [6, 6.07) is 0. The van der Waals surface area contributed by atoms with Gasteiger partial charge in [0.1, 0.15) is 11.3 Å². The van der Waals surface area contributed by atoms with Crippen LogP contribution >= 0.6 is 0 Å². The fourth-order valence-corrected chi connectivity index (χ4v) is 2.83. The normalized spacial score (nSPS) is 19.1. The highest BCUT2D eigenvalue weighted by atomic mass is 16.3. The molecular formula is C16H24N6O. The van der Waals surface area contributed by atoms with Crippen molar-refractivity contribution < 1.29 is 5.11 Å². The Morgan fingerprint density at radius 3 is 2.78 bits per heavy atom. The topological polar surface area (TPSA) is 100 Å². The number of nitrogens with two attached hydrogens (primary N) is 1. The van der Waals surface area contributed by atoms with Crippen molar-refractivity contribution in [3.05, 3.63) is 12.4 Å². The monoisotopic (exact) mass is 316 g/mol. The van der Waals surface area contributed by atoms with Crippen LogP contribution in [0.15, 0.2) is 12.4 Å². The molecule has 0 spiro atoms. The van der Waals surface area contributed by atoms with Crippen molar-refractivity contribution in [2.75, 3.05) is 29.0 Å². The second kappa shape index (κ2) is 5.81. The Hall–Kier alpha value is -2.15. The highest BCUT2D eigenvalue weighted by molar-refractivity contribution is 5.96. The molecule has 2 aromatic rings. The molecule has 1 fully saturated rings. The van der Waals surface area contributed by atoms with Crippen LogP contribution in [0.5, 0.6) is 0 Å². The van der Waals surface area contributed by atoms with Gasteiger partial charge in [0.05, 0.1) is 23.4 Å². The van der Waals surface area contributed by atoms with Gasteiger partial charge in [-0.05, 0) is 33.6 Å². The van der Waals surface area contributed by atoms with Gasteiger partial charge in [-0.15, -0.1) is 0 Å². The molecule has 1 unspecified atom stereocenters. The van der Waals surface area contributed by atoms with Gasteiger partial charge in [0.25, 0.3) is 0 Å². The van der Waals surface area contributed by atoms with Crippen LogP contribution < -0.4 is 16.0 Å². The molecule has 7 nitrogen and oxygen atoms in total. The predicted octanol–water partition coefficient (Wildman–Crippen LogP) is 1.78. The molecule has 0 saturated carbocycles. The number of piperidine rings is 1. The average Bonchev–Trinajstić information content (AvgIpc) is 2.46. The van der Waals surface area contributed by atoms with Crippen LogP contribution in [0.25, 0.3) is 10.9 Å². The van der Waals surface area contributed by atoms with E-state index in [2.05, 4.69) is 45.9 Å². The lowest BCUT2D eigenvalue weighted by molar-refractivity contribution is 0.154. The molecule has 1 aliphatic heterocycles. The van der Waals surface area contributed by atoms with Crippen molar-refractivity contribution in [2.45, 2.75) is 45.3 Å². The van der Waals surface area contributed by atoms with Gasteiger partial charge in [0, 0.05) is 24.8 Å². The summed E-state index contributed by atoms with van der Waals surface area (Å²) < 4.78 is 0. The fraction of sp³-hybridized carbons (Fsp3) is 0.562. The lowest BCUT2D eigenvalue weighted by Crippen LogP contribution is -2.38. The first kappa shape index (κ1) is 15.7. The number of aliphatic hydroxyl groups excluding tert-OH is 1. The van der Waals surface area contributed by atoms with Crippen molar-refractivity contribution in [2.24, 2.45) is 0 Å². The van der Waals surface area contributed by atoms with Gasteiger partial charge in [0.2, 0.25) is 5.95 Å². The average molecular weight is 316 g/mol. The third-order valence-corrected chi connectivity index (χ3v) is 3.86. The van der Waals surface area contributed by atoms with Gasteiger partial charge in [-0.3, -0.25) is 0 Å². The number of aromatic nitrogens is 3. The van der Waals surface area contributed by atoms with Gasteiger partial charge in [0.15, 0.2) is 0 Å². The molecule has 1 saturated heterocycles.